The molecule has 0 spiro atoms. The van der Waals surface area contributed by atoms with E-state index >= 15 is 0 Å². The number of hydrogen-bond donors (Lipinski definition) is 1. The first kappa shape index (κ1) is 20.8. The predicted molar refractivity (Wildman–Crippen MR) is 114 cm³/mol. The minimum absolute atomic E-state index is 0.0457. The van der Waals surface area contributed by atoms with Crippen molar-refractivity contribution >= 4 is 23.2 Å². The molecule has 32 heavy (non-hydrogen) atoms. The molecule has 5 rings (SSSR count). The van der Waals surface area contributed by atoms with Gasteiger partial charge in [0.15, 0.2) is 5.78 Å². The molecule has 1 atom stereocenters. The molecule has 0 bridgehead atoms. The Bertz CT molecular complexity index is 1260. The fourth-order valence-corrected chi connectivity index (χ4v) is 4.69. The van der Waals surface area contributed by atoms with Gasteiger partial charge in [0.05, 0.1) is 33.6 Å². The Hall–Kier alpha value is -3.13. The van der Waals surface area contributed by atoms with E-state index in [1.165, 1.54) is 10.7 Å². The molecule has 0 fully saturated rings. The Kier molecular flexibility index (Phi) is 4.85. The summed E-state index contributed by atoms with van der Waals surface area (Å²) in [4.78, 5) is 17.4. The van der Waals surface area contributed by atoms with Crippen molar-refractivity contribution in [3.8, 4) is 5.69 Å². The minimum atomic E-state index is -4.52. The third kappa shape index (κ3) is 3.30. The quantitative estimate of drug-likeness (QED) is 0.526. The van der Waals surface area contributed by atoms with Gasteiger partial charge in [-0.05, 0) is 50.1 Å². The summed E-state index contributed by atoms with van der Waals surface area (Å²) in [6.45, 7) is 1.77. The summed E-state index contributed by atoms with van der Waals surface area (Å²) in [6, 6.07) is 8.64. The number of allylic oxidation sites excluding steroid dienone is 2. The molecule has 5 nitrogen and oxygen atoms in total. The number of nitrogens with one attached hydrogen (secondary N) is 1. The monoisotopic (exact) mass is 458 g/mol. The molecule has 0 amide bonds. The number of alkyl halides is 3. The van der Waals surface area contributed by atoms with Gasteiger partial charge in [-0.2, -0.15) is 18.3 Å². The largest absolute Gasteiger partial charge is 0.416 e. The number of aryl methyl sites for hydroxylation is 1. The molecule has 1 aliphatic carbocycles. The van der Waals surface area contributed by atoms with Crippen LogP contribution in [0.1, 0.15) is 47.7 Å². The third-order valence-corrected chi connectivity index (χ3v) is 6.21. The van der Waals surface area contributed by atoms with Crippen LogP contribution in [0.5, 0.6) is 0 Å². The van der Waals surface area contributed by atoms with Gasteiger partial charge in [-0.25, -0.2) is 4.68 Å². The number of aromatic nitrogens is 3. The molecule has 164 valence electrons. The van der Waals surface area contributed by atoms with Gasteiger partial charge in [0.1, 0.15) is 5.82 Å². The second-order valence-electron chi connectivity index (χ2n) is 7.91. The topological polar surface area (TPSA) is 59.8 Å². The number of halogens is 4. The smallest absolute Gasteiger partial charge is 0.343 e. The molecular weight excluding hydrogens is 441 g/mol. The Morgan fingerprint density at radius 2 is 2.00 bits per heavy atom. The zero-order valence-electron chi connectivity index (χ0n) is 17.0. The van der Waals surface area contributed by atoms with E-state index in [9.17, 15) is 18.0 Å². The number of benzene rings is 1. The van der Waals surface area contributed by atoms with Crippen molar-refractivity contribution < 1.29 is 18.0 Å². The zero-order valence-corrected chi connectivity index (χ0v) is 17.8. The molecule has 3 aromatic rings. The van der Waals surface area contributed by atoms with Gasteiger partial charge in [-0.3, -0.25) is 9.78 Å². The molecule has 0 unspecified atom stereocenters. The van der Waals surface area contributed by atoms with Crippen molar-refractivity contribution in [2.45, 2.75) is 38.3 Å². The summed E-state index contributed by atoms with van der Waals surface area (Å²) >= 11 is 6.31. The number of carbonyl (C=O) groups is 1. The van der Waals surface area contributed by atoms with Crippen molar-refractivity contribution in [2.75, 3.05) is 5.32 Å². The maximum absolute atomic E-state index is 13.4. The summed E-state index contributed by atoms with van der Waals surface area (Å²) in [5.41, 5.74) is 2.70. The highest BCUT2D eigenvalue weighted by molar-refractivity contribution is 6.32. The number of fused-ring (bicyclic) bond motifs is 1. The van der Waals surface area contributed by atoms with E-state index in [2.05, 4.69) is 15.4 Å². The van der Waals surface area contributed by atoms with Crippen molar-refractivity contribution in [2.24, 2.45) is 0 Å². The molecule has 9 heteroatoms. The summed E-state index contributed by atoms with van der Waals surface area (Å²) < 4.78 is 41.5. The molecule has 0 saturated heterocycles. The van der Waals surface area contributed by atoms with Crippen LogP contribution in [-0.2, 0) is 11.0 Å². The third-order valence-electron chi connectivity index (χ3n) is 5.89. The second kappa shape index (κ2) is 7.48. The lowest BCUT2D eigenvalue weighted by Gasteiger charge is -2.32. The van der Waals surface area contributed by atoms with Crippen molar-refractivity contribution in [1.29, 1.82) is 0 Å². The number of nitrogens with zero attached hydrogens (tertiary/aromatic N) is 3. The minimum Gasteiger partial charge on any atom is -0.343 e. The van der Waals surface area contributed by atoms with Crippen LogP contribution in [0.25, 0.3) is 5.69 Å². The van der Waals surface area contributed by atoms with E-state index in [1.54, 1.807) is 19.2 Å². The Morgan fingerprint density at radius 1 is 1.19 bits per heavy atom. The molecule has 2 aromatic heterocycles. The molecule has 2 aliphatic rings. The first-order chi connectivity index (χ1) is 15.3. The van der Waals surface area contributed by atoms with Gasteiger partial charge in [0.25, 0.3) is 0 Å². The molecule has 1 aliphatic heterocycles. The van der Waals surface area contributed by atoms with Crippen LogP contribution in [-0.4, -0.2) is 20.5 Å². The highest BCUT2D eigenvalue weighted by atomic mass is 35.5. The number of rotatable bonds is 2. The first-order valence-electron chi connectivity index (χ1n) is 10.2. The average molecular weight is 459 g/mol. The normalized spacial score (nSPS) is 18.3. The number of ketones is 1. The van der Waals surface area contributed by atoms with Crippen LogP contribution in [0.4, 0.5) is 19.0 Å². The standard InChI is InChI=1S/C23H18ClF3N4O/c1-12-19-21(15-5-2-3-10-28-15)20-16(6-4-7-18(20)32)29-22(19)31(30-12)17-11-13(23(25,26)27)8-9-14(17)24/h2-3,5,8-11,21,29H,4,6-7H2,1H3/t21-/m0/s1. The van der Waals surface area contributed by atoms with E-state index in [-0.39, 0.29) is 16.5 Å². The lowest BCUT2D eigenvalue weighted by molar-refractivity contribution is -0.137. The van der Waals surface area contributed by atoms with Gasteiger partial charge < -0.3 is 5.32 Å². The maximum Gasteiger partial charge on any atom is 0.416 e. The number of carbonyl (C=O) groups excluding carboxylic acids is 1. The van der Waals surface area contributed by atoms with Crippen molar-refractivity contribution in [3.63, 3.8) is 0 Å². The SMILES string of the molecule is Cc1nn(-c2cc(C(F)(F)F)ccc2Cl)c2c1[C@H](c1ccccn1)C1=C(CCCC1=O)N2. The average Bonchev–Trinajstić information content (AvgIpc) is 3.08. The summed E-state index contributed by atoms with van der Waals surface area (Å²) in [6.07, 6.45) is -1.05. The van der Waals surface area contributed by atoms with Crippen LogP contribution in [0.15, 0.2) is 53.9 Å². The molecule has 0 saturated carbocycles. The highest BCUT2D eigenvalue weighted by Crippen LogP contribution is 2.47. The fraction of sp³-hybridized carbons (Fsp3) is 0.261. The molecule has 1 N–H and O–H groups in total. The predicted octanol–water partition coefficient (Wildman–Crippen LogP) is 5.81. The lowest BCUT2D eigenvalue weighted by atomic mass is 9.77. The van der Waals surface area contributed by atoms with Crippen LogP contribution in [0, 0.1) is 6.92 Å². The molecule has 1 aromatic carbocycles. The van der Waals surface area contributed by atoms with Crippen LogP contribution >= 0.6 is 11.6 Å². The number of hydrogen-bond acceptors (Lipinski definition) is 4. The van der Waals surface area contributed by atoms with Crippen LogP contribution in [0.3, 0.4) is 0 Å². The van der Waals surface area contributed by atoms with Crippen LogP contribution in [0.2, 0.25) is 5.02 Å². The van der Waals surface area contributed by atoms with E-state index in [0.717, 1.165) is 17.8 Å². The van der Waals surface area contributed by atoms with Crippen molar-refractivity contribution in [1.82, 2.24) is 14.8 Å². The van der Waals surface area contributed by atoms with Crippen LogP contribution < -0.4 is 5.32 Å². The van der Waals surface area contributed by atoms with E-state index < -0.39 is 17.7 Å². The second-order valence-corrected chi connectivity index (χ2v) is 8.31. The van der Waals surface area contributed by atoms with Gasteiger partial charge in [-0.15, -0.1) is 0 Å². The van der Waals surface area contributed by atoms with E-state index in [1.807, 2.05) is 12.1 Å². The molecule has 0 radical (unpaired) electrons. The van der Waals surface area contributed by atoms with E-state index in [0.29, 0.717) is 47.6 Å². The van der Waals surface area contributed by atoms with E-state index in [4.69, 9.17) is 11.6 Å². The molecular formula is C23H18ClF3N4O. The summed E-state index contributed by atoms with van der Waals surface area (Å²) in [5, 5.41) is 7.97. The Labute approximate surface area is 186 Å². The van der Waals surface area contributed by atoms with Gasteiger partial charge in [0.2, 0.25) is 0 Å². The van der Waals surface area contributed by atoms with Gasteiger partial charge >= 0.3 is 6.18 Å². The van der Waals surface area contributed by atoms with Gasteiger partial charge in [-0.1, -0.05) is 17.7 Å². The highest BCUT2D eigenvalue weighted by Gasteiger charge is 2.40. The number of pyridine rings is 1. The summed E-state index contributed by atoms with van der Waals surface area (Å²) in [7, 11) is 0. The van der Waals surface area contributed by atoms with Crippen molar-refractivity contribution in [3.05, 3.63) is 81.4 Å². The zero-order chi connectivity index (χ0) is 22.6. The first-order valence-corrected chi connectivity index (χ1v) is 10.5. The summed E-state index contributed by atoms with van der Waals surface area (Å²) in [5.74, 6) is 0.103. The maximum atomic E-state index is 13.4. The number of Topliss-reactive ketones (excluding diaryl/α,β-unsaturated/α-hetero) is 1. The number of anilines is 1. The molecule has 3 heterocycles. The lowest BCUT2D eigenvalue weighted by Crippen LogP contribution is -2.28. The Morgan fingerprint density at radius 3 is 2.72 bits per heavy atom. The Balaban J connectivity index is 1.75. The van der Waals surface area contributed by atoms with Gasteiger partial charge in [0, 0.05) is 29.5 Å². The fourth-order valence-electron chi connectivity index (χ4n) is 4.49.